The van der Waals surface area contributed by atoms with Crippen LogP contribution in [0.4, 0.5) is 0 Å². The molecule has 2 heterocycles. The second kappa shape index (κ2) is 7.99. The van der Waals surface area contributed by atoms with E-state index >= 15 is 0 Å². The second-order valence-corrected chi connectivity index (χ2v) is 6.99. The summed E-state index contributed by atoms with van der Waals surface area (Å²) in [6.45, 7) is 5.04. The molecule has 0 aromatic heterocycles. The molecule has 0 atom stereocenters. The lowest BCUT2D eigenvalue weighted by atomic mass is 10.1. The molecule has 0 N–H and O–H groups in total. The molecule has 6 heteroatoms. The van der Waals surface area contributed by atoms with E-state index in [9.17, 15) is 9.59 Å². The number of nitrogens with zero attached hydrogens (tertiary/aromatic N) is 3. The fraction of sp³-hybridized carbons (Fsp3) is 0.556. The van der Waals surface area contributed by atoms with Gasteiger partial charge in [-0.3, -0.25) is 14.5 Å². The zero-order valence-electron chi connectivity index (χ0n) is 13.9. The van der Waals surface area contributed by atoms with Gasteiger partial charge in [-0.05, 0) is 30.5 Å². The fourth-order valence-electron chi connectivity index (χ4n) is 3.30. The van der Waals surface area contributed by atoms with Crippen molar-refractivity contribution in [2.24, 2.45) is 0 Å². The molecule has 1 aromatic rings. The van der Waals surface area contributed by atoms with Crippen molar-refractivity contribution in [3.8, 4) is 0 Å². The molecule has 2 saturated heterocycles. The Morgan fingerprint density at radius 3 is 2.38 bits per heavy atom. The maximum absolute atomic E-state index is 12.4. The minimum atomic E-state index is 0.0800. The minimum absolute atomic E-state index is 0.0800. The van der Waals surface area contributed by atoms with Crippen molar-refractivity contribution in [3.05, 3.63) is 34.9 Å². The first-order chi connectivity index (χ1) is 11.6. The van der Waals surface area contributed by atoms with Crippen molar-refractivity contribution in [2.45, 2.75) is 25.8 Å². The lowest BCUT2D eigenvalue weighted by Crippen LogP contribution is -2.52. The molecular formula is C18H24ClN3O2. The number of benzene rings is 1. The molecule has 2 aliphatic heterocycles. The van der Waals surface area contributed by atoms with Crippen LogP contribution in [0, 0.1) is 0 Å². The second-order valence-electron chi connectivity index (χ2n) is 6.56. The number of hydrogen-bond donors (Lipinski definition) is 0. The van der Waals surface area contributed by atoms with Crippen molar-refractivity contribution in [1.29, 1.82) is 0 Å². The SMILES string of the molecule is O=C(CN1CCCCC1=O)N1CCN(Cc2ccc(Cl)cc2)CC1. The predicted octanol–water partition coefficient (Wildman–Crippen LogP) is 2.00. The molecule has 1 aromatic carbocycles. The lowest BCUT2D eigenvalue weighted by molar-refractivity contribution is -0.142. The molecule has 0 saturated carbocycles. The van der Waals surface area contributed by atoms with E-state index < -0.39 is 0 Å². The molecule has 0 spiro atoms. The molecule has 3 rings (SSSR count). The summed E-state index contributed by atoms with van der Waals surface area (Å²) in [6, 6.07) is 7.91. The monoisotopic (exact) mass is 349 g/mol. The number of likely N-dealkylation sites (tertiary alicyclic amines) is 1. The van der Waals surface area contributed by atoms with Crippen molar-refractivity contribution >= 4 is 23.4 Å². The summed E-state index contributed by atoms with van der Waals surface area (Å²) in [6.07, 6.45) is 2.54. The Kier molecular flexibility index (Phi) is 5.74. The van der Waals surface area contributed by atoms with Crippen LogP contribution in [0.5, 0.6) is 0 Å². The topological polar surface area (TPSA) is 43.9 Å². The Bertz CT molecular complexity index is 582. The predicted molar refractivity (Wildman–Crippen MR) is 93.7 cm³/mol. The third-order valence-electron chi connectivity index (χ3n) is 4.79. The van der Waals surface area contributed by atoms with Crippen molar-refractivity contribution in [3.63, 3.8) is 0 Å². The van der Waals surface area contributed by atoms with E-state index in [1.807, 2.05) is 29.2 Å². The number of carbonyl (C=O) groups is 2. The molecule has 2 amide bonds. The van der Waals surface area contributed by atoms with Crippen LogP contribution in [-0.4, -0.2) is 65.8 Å². The van der Waals surface area contributed by atoms with Gasteiger partial charge < -0.3 is 9.80 Å². The van der Waals surface area contributed by atoms with Crippen LogP contribution < -0.4 is 0 Å². The molecule has 5 nitrogen and oxygen atoms in total. The highest BCUT2D eigenvalue weighted by Crippen LogP contribution is 2.14. The average Bonchev–Trinajstić information content (AvgIpc) is 2.59. The van der Waals surface area contributed by atoms with Gasteiger partial charge in [-0.25, -0.2) is 0 Å². The van der Waals surface area contributed by atoms with Gasteiger partial charge >= 0.3 is 0 Å². The maximum Gasteiger partial charge on any atom is 0.242 e. The Balaban J connectivity index is 1.45. The van der Waals surface area contributed by atoms with Gasteiger partial charge in [-0.2, -0.15) is 0 Å². The van der Waals surface area contributed by atoms with Gasteiger partial charge in [0.25, 0.3) is 0 Å². The first-order valence-corrected chi connectivity index (χ1v) is 9.02. The van der Waals surface area contributed by atoms with Gasteiger partial charge in [-0.15, -0.1) is 0 Å². The van der Waals surface area contributed by atoms with Crippen LogP contribution in [0.25, 0.3) is 0 Å². The number of piperazine rings is 1. The van der Waals surface area contributed by atoms with E-state index in [4.69, 9.17) is 11.6 Å². The van der Waals surface area contributed by atoms with Crippen LogP contribution in [-0.2, 0) is 16.1 Å². The quantitative estimate of drug-likeness (QED) is 0.835. The van der Waals surface area contributed by atoms with Crippen molar-refractivity contribution < 1.29 is 9.59 Å². The first-order valence-electron chi connectivity index (χ1n) is 8.64. The molecular weight excluding hydrogens is 326 g/mol. The molecule has 24 heavy (non-hydrogen) atoms. The van der Waals surface area contributed by atoms with Crippen LogP contribution in [0.15, 0.2) is 24.3 Å². The summed E-state index contributed by atoms with van der Waals surface area (Å²) in [5.41, 5.74) is 1.23. The molecule has 0 unspecified atom stereocenters. The Morgan fingerprint density at radius 2 is 1.71 bits per heavy atom. The highest BCUT2D eigenvalue weighted by atomic mass is 35.5. The highest BCUT2D eigenvalue weighted by molar-refractivity contribution is 6.30. The van der Waals surface area contributed by atoms with E-state index in [-0.39, 0.29) is 18.4 Å². The summed E-state index contributed by atoms with van der Waals surface area (Å²) < 4.78 is 0. The normalized spacial score (nSPS) is 19.6. The molecule has 130 valence electrons. The zero-order valence-corrected chi connectivity index (χ0v) is 14.7. The summed E-state index contributed by atoms with van der Waals surface area (Å²) in [7, 11) is 0. The van der Waals surface area contributed by atoms with Gasteiger partial charge in [-0.1, -0.05) is 23.7 Å². The molecule has 2 aliphatic rings. The van der Waals surface area contributed by atoms with Gasteiger partial charge in [0, 0.05) is 50.7 Å². The standard InChI is InChI=1S/C18H24ClN3O2/c19-16-6-4-15(5-7-16)13-20-9-11-21(12-10-20)18(24)14-22-8-2-1-3-17(22)23/h4-7H,1-3,8-14H2. The van der Waals surface area contributed by atoms with Crippen LogP contribution in [0.2, 0.25) is 5.02 Å². The number of amides is 2. The fourth-order valence-corrected chi connectivity index (χ4v) is 3.42. The maximum atomic E-state index is 12.4. The van der Waals surface area contributed by atoms with Gasteiger partial charge in [0.15, 0.2) is 0 Å². The van der Waals surface area contributed by atoms with Crippen LogP contribution in [0.3, 0.4) is 0 Å². The zero-order chi connectivity index (χ0) is 16.9. The van der Waals surface area contributed by atoms with E-state index in [0.717, 1.165) is 57.1 Å². The summed E-state index contributed by atoms with van der Waals surface area (Å²) in [4.78, 5) is 30.2. The Morgan fingerprint density at radius 1 is 1.00 bits per heavy atom. The van der Waals surface area contributed by atoms with E-state index in [1.165, 1.54) is 5.56 Å². The number of rotatable bonds is 4. The smallest absolute Gasteiger partial charge is 0.242 e. The van der Waals surface area contributed by atoms with Crippen LogP contribution in [0.1, 0.15) is 24.8 Å². The number of carbonyl (C=O) groups excluding carboxylic acids is 2. The Labute approximate surface area is 148 Å². The summed E-state index contributed by atoms with van der Waals surface area (Å²) >= 11 is 5.91. The highest BCUT2D eigenvalue weighted by Gasteiger charge is 2.25. The van der Waals surface area contributed by atoms with Gasteiger partial charge in [0.2, 0.25) is 11.8 Å². The van der Waals surface area contributed by atoms with Gasteiger partial charge in [0.05, 0.1) is 6.54 Å². The van der Waals surface area contributed by atoms with E-state index in [2.05, 4.69) is 4.90 Å². The third kappa shape index (κ3) is 4.48. The average molecular weight is 350 g/mol. The van der Waals surface area contributed by atoms with E-state index in [1.54, 1.807) is 4.90 Å². The van der Waals surface area contributed by atoms with E-state index in [0.29, 0.717) is 6.42 Å². The minimum Gasteiger partial charge on any atom is -0.339 e. The first kappa shape index (κ1) is 17.2. The molecule has 0 bridgehead atoms. The summed E-state index contributed by atoms with van der Waals surface area (Å²) in [5.74, 6) is 0.201. The van der Waals surface area contributed by atoms with Crippen molar-refractivity contribution in [1.82, 2.24) is 14.7 Å². The summed E-state index contributed by atoms with van der Waals surface area (Å²) in [5, 5.41) is 0.751. The van der Waals surface area contributed by atoms with Crippen LogP contribution >= 0.6 is 11.6 Å². The number of hydrogen-bond acceptors (Lipinski definition) is 3. The number of halogens is 1. The number of piperidine rings is 1. The molecule has 0 aliphatic carbocycles. The molecule has 0 radical (unpaired) electrons. The Hall–Kier alpha value is -1.59. The third-order valence-corrected chi connectivity index (χ3v) is 5.04. The van der Waals surface area contributed by atoms with Crippen molar-refractivity contribution in [2.75, 3.05) is 39.3 Å². The lowest BCUT2D eigenvalue weighted by Gasteiger charge is -2.36. The largest absolute Gasteiger partial charge is 0.339 e. The van der Waals surface area contributed by atoms with Gasteiger partial charge in [0.1, 0.15) is 0 Å². The molecule has 2 fully saturated rings.